The molecule has 212 valence electrons. The highest BCUT2D eigenvalue weighted by Gasteiger charge is 2.39. The van der Waals surface area contributed by atoms with Crippen molar-refractivity contribution < 1.29 is 23.8 Å². The first-order valence-electron chi connectivity index (χ1n) is 13.4. The minimum Gasteiger partial charge on any atom is -0.494 e. The van der Waals surface area contributed by atoms with Crippen LogP contribution in [0.2, 0.25) is 0 Å². The average molecular weight is 552 g/mol. The molecule has 2 saturated heterocycles. The normalized spacial score (nSPS) is 20.6. The van der Waals surface area contributed by atoms with E-state index in [2.05, 4.69) is 22.4 Å². The van der Waals surface area contributed by atoms with Gasteiger partial charge in [0.25, 0.3) is 5.56 Å². The van der Waals surface area contributed by atoms with Crippen LogP contribution in [0, 0.1) is 11.7 Å². The molecule has 2 aromatic carbocycles. The van der Waals surface area contributed by atoms with Crippen molar-refractivity contribution in [3.05, 3.63) is 76.6 Å². The van der Waals surface area contributed by atoms with Crippen LogP contribution in [-0.4, -0.2) is 64.4 Å². The first kappa shape index (κ1) is 27.6. The minimum absolute atomic E-state index is 0.0182. The maximum absolute atomic E-state index is 13.7. The summed E-state index contributed by atoms with van der Waals surface area (Å²) in [5.41, 5.74) is 5.17. The van der Waals surface area contributed by atoms with Crippen molar-refractivity contribution in [1.29, 1.82) is 0 Å². The Morgan fingerprint density at radius 1 is 1.23 bits per heavy atom. The van der Waals surface area contributed by atoms with Crippen LogP contribution in [0.3, 0.4) is 0 Å². The summed E-state index contributed by atoms with van der Waals surface area (Å²) in [6.45, 7) is 2.32. The fourth-order valence-electron chi connectivity index (χ4n) is 5.56. The number of amides is 1. The molecule has 10 nitrogen and oxygen atoms in total. The zero-order valence-corrected chi connectivity index (χ0v) is 22.4. The van der Waals surface area contributed by atoms with Crippen molar-refractivity contribution in [3.8, 4) is 17.4 Å². The lowest BCUT2D eigenvalue weighted by molar-refractivity contribution is -0.141. The van der Waals surface area contributed by atoms with Crippen LogP contribution < -0.4 is 26.1 Å². The number of halogens is 1. The number of nitrogens with two attached hydrogens (primary N) is 1. The van der Waals surface area contributed by atoms with Crippen LogP contribution in [-0.2, 0) is 11.3 Å². The van der Waals surface area contributed by atoms with E-state index in [0.29, 0.717) is 25.9 Å². The SMILES string of the molecule is COc1cc(Oc2ncn(CC3(O)CCN(C(=O)[C@@H]4CCNC[C@H]4c4ccccc4)CC3)c(=O)c2N)ccc1F. The maximum Gasteiger partial charge on any atom is 0.280 e. The molecule has 0 radical (unpaired) electrons. The number of anilines is 1. The monoisotopic (exact) mass is 551 g/mol. The van der Waals surface area contributed by atoms with Crippen molar-refractivity contribution in [3.63, 3.8) is 0 Å². The predicted molar refractivity (Wildman–Crippen MR) is 147 cm³/mol. The van der Waals surface area contributed by atoms with Gasteiger partial charge >= 0.3 is 0 Å². The molecule has 4 N–H and O–H groups in total. The Bertz CT molecular complexity index is 1410. The highest BCUT2D eigenvalue weighted by atomic mass is 19.1. The molecular weight excluding hydrogens is 517 g/mol. The summed E-state index contributed by atoms with van der Waals surface area (Å²) in [5.74, 6) is -0.404. The van der Waals surface area contributed by atoms with Crippen LogP contribution in [0.15, 0.2) is 59.7 Å². The van der Waals surface area contributed by atoms with Crippen LogP contribution in [0.5, 0.6) is 17.4 Å². The summed E-state index contributed by atoms with van der Waals surface area (Å²) < 4.78 is 25.5. The van der Waals surface area contributed by atoms with E-state index < -0.39 is 17.0 Å². The highest BCUT2D eigenvalue weighted by Crippen LogP contribution is 2.33. The fourth-order valence-corrected chi connectivity index (χ4v) is 5.56. The topological polar surface area (TPSA) is 132 Å². The van der Waals surface area contributed by atoms with E-state index in [-0.39, 0.29) is 47.4 Å². The van der Waals surface area contributed by atoms with Gasteiger partial charge in [-0.2, -0.15) is 0 Å². The Morgan fingerprint density at radius 2 is 1.98 bits per heavy atom. The van der Waals surface area contributed by atoms with Gasteiger partial charge in [-0.3, -0.25) is 14.2 Å². The van der Waals surface area contributed by atoms with Crippen molar-refractivity contribution in [1.82, 2.24) is 19.8 Å². The van der Waals surface area contributed by atoms with Crippen molar-refractivity contribution in [2.24, 2.45) is 5.92 Å². The Hall–Kier alpha value is -3.96. The number of carbonyl (C=O) groups is 1. The maximum atomic E-state index is 13.7. The molecule has 0 aliphatic carbocycles. The van der Waals surface area contributed by atoms with Crippen LogP contribution in [0.1, 0.15) is 30.7 Å². The fraction of sp³-hybridized carbons (Fsp3) is 0.414. The largest absolute Gasteiger partial charge is 0.494 e. The molecule has 2 aliphatic rings. The van der Waals surface area contributed by atoms with E-state index in [1.165, 1.54) is 36.2 Å². The van der Waals surface area contributed by atoms with E-state index in [0.717, 1.165) is 25.1 Å². The number of aromatic nitrogens is 2. The van der Waals surface area contributed by atoms with Gasteiger partial charge in [0, 0.05) is 37.5 Å². The van der Waals surface area contributed by atoms with Crippen molar-refractivity contribution in [2.75, 3.05) is 39.0 Å². The number of carbonyl (C=O) groups excluding carboxylic acids is 1. The molecule has 0 unspecified atom stereocenters. The summed E-state index contributed by atoms with van der Waals surface area (Å²) in [6, 6.07) is 14.0. The van der Waals surface area contributed by atoms with Crippen molar-refractivity contribution >= 4 is 11.6 Å². The molecule has 1 amide bonds. The number of likely N-dealkylation sites (tertiary alicyclic amines) is 1. The van der Waals surface area contributed by atoms with E-state index >= 15 is 0 Å². The number of nitrogens with one attached hydrogen (secondary N) is 1. The Morgan fingerprint density at radius 3 is 2.70 bits per heavy atom. The van der Waals surface area contributed by atoms with Crippen LogP contribution in [0.25, 0.3) is 0 Å². The molecule has 0 saturated carbocycles. The van der Waals surface area contributed by atoms with Gasteiger partial charge in [0.2, 0.25) is 11.8 Å². The second-order valence-electron chi connectivity index (χ2n) is 10.5. The first-order chi connectivity index (χ1) is 19.3. The quantitative estimate of drug-likeness (QED) is 0.408. The molecule has 2 fully saturated rings. The third-order valence-electron chi connectivity index (χ3n) is 7.87. The lowest BCUT2D eigenvalue weighted by Crippen LogP contribution is -2.52. The van der Waals surface area contributed by atoms with E-state index in [4.69, 9.17) is 15.2 Å². The summed E-state index contributed by atoms with van der Waals surface area (Å²) in [6.07, 6.45) is 2.67. The van der Waals surface area contributed by atoms with Gasteiger partial charge in [0.15, 0.2) is 17.3 Å². The zero-order valence-electron chi connectivity index (χ0n) is 22.4. The Kier molecular flexibility index (Phi) is 8.04. The number of piperidine rings is 2. The second kappa shape index (κ2) is 11.6. The number of rotatable bonds is 7. The van der Waals surface area contributed by atoms with Gasteiger partial charge in [-0.25, -0.2) is 9.37 Å². The third kappa shape index (κ3) is 5.80. The number of hydrogen-bond acceptors (Lipinski definition) is 8. The predicted octanol–water partition coefficient (Wildman–Crippen LogP) is 2.51. The molecule has 0 bridgehead atoms. The van der Waals surface area contributed by atoms with E-state index in [1.54, 1.807) is 0 Å². The third-order valence-corrected chi connectivity index (χ3v) is 7.87. The summed E-state index contributed by atoms with van der Waals surface area (Å²) in [7, 11) is 1.33. The number of benzene rings is 2. The van der Waals surface area contributed by atoms with Gasteiger partial charge in [-0.15, -0.1) is 0 Å². The molecule has 5 rings (SSSR count). The minimum atomic E-state index is -1.20. The van der Waals surface area contributed by atoms with Gasteiger partial charge in [-0.1, -0.05) is 30.3 Å². The summed E-state index contributed by atoms with van der Waals surface area (Å²) >= 11 is 0. The molecule has 0 spiro atoms. The van der Waals surface area contributed by atoms with Gasteiger partial charge < -0.3 is 30.5 Å². The number of nitrogen functional groups attached to an aromatic ring is 1. The molecular formula is C29H34FN5O5. The molecule has 2 atom stereocenters. The smallest absolute Gasteiger partial charge is 0.280 e. The van der Waals surface area contributed by atoms with Crippen molar-refractivity contribution in [2.45, 2.75) is 37.3 Å². The van der Waals surface area contributed by atoms with Gasteiger partial charge in [0.1, 0.15) is 12.1 Å². The van der Waals surface area contributed by atoms with Gasteiger partial charge in [0.05, 0.1) is 19.3 Å². The molecule has 2 aliphatic heterocycles. The Balaban J connectivity index is 1.23. The lowest BCUT2D eigenvalue weighted by Gasteiger charge is -2.41. The molecule has 40 heavy (non-hydrogen) atoms. The Labute approximate surface area is 231 Å². The second-order valence-corrected chi connectivity index (χ2v) is 10.5. The van der Waals surface area contributed by atoms with E-state index in [9.17, 15) is 19.1 Å². The van der Waals surface area contributed by atoms with E-state index in [1.807, 2.05) is 23.1 Å². The van der Waals surface area contributed by atoms with Gasteiger partial charge in [-0.05, 0) is 43.5 Å². The molecule has 3 aromatic rings. The molecule has 11 heteroatoms. The number of nitrogens with zero attached hydrogens (tertiary/aromatic N) is 3. The number of hydrogen-bond donors (Lipinski definition) is 3. The summed E-state index contributed by atoms with van der Waals surface area (Å²) in [4.78, 5) is 32.5. The highest BCUT2D eigenvalue weighted by molar-refractivity contribution is 5.80. The number of aliphatic hydroxyl groups is 1. The number of ether oxygens (including phenoxy) is 2. The first-order valence-corrected chi connectivity index (χ1v) is 13.4. The lowest BCUT2D eigenvalue weighted by atomic mass is 9.80. The standard InChI is InChI=1S/C29H34FN5O5/c1-39-24-15-20(7-8-23(24)30)40-26-25(31)28(37)35(18-33-26)17-29(38)10-13-34(14-11-29)27(36)21-9-12-32-16-22(21)19-5-3-2-4-6-19/h2-8,15,18,21-22,32,38H,9-14,16-17,31H2,1H3/t21-,22+/m1/s1. The zero-order chi connectivity index (χ0) is 28.3. The summed E-state index contributed by atoms with van der Waals surface area (Å²) in [5, 5.41) is 14.7. The molecule has 3 heterocycles. The van der Waals surface area contributed by atoms with Crippen LogP contribution in [0.4, 0.5) is 10.1 Å². The number of methoxy groups -OCH3 is 1. The van der Waals surface area contributed by atoms with Crippen LogP contribution >= 0.6 is 0 Å². The average Bonchev–Trinajstić information content (AvgIpc) is 2.98. The molecule has 1 aromatic heterocycles.